The van der Waals surface area contributed by atoms with E-state index < -0.39 is 5.67 Å². The number of pyridine rings is 2. The molecule has 30 heavy (non-hydrogen) atoms. The number of likely N-dealkylation sites (tertiary alicyclic amines) is 1. The predicted molar refractivity (Wildman–Crippen MR) is 107 cm³/mol. The minimum atomic E-state index is -1.41. The van der Waals surface area contributed by atoms with Crippen LogP contribution in [0.15, 0.2) is 55.2 Å². The van der Waals surface area contributed by atoms with Crippen LogP contribution in [-0.2, 0) is 6.42 Å². The Balaban J connectivity index is 1.45. The van der Waals surface area contributed by atoms with Gasteiger partial charge < -0.3 is 4.90 Å². The van der Waals surface area contributed by atoms with Crippen LogP contribution < -0.4 is 0 Å². The molecule has 3 aromatic heterocycles. The number of halogens is 1. The molecule has 0 unspecified atom stereocenters. The highest BCUT2D eigenvalue weighted by atomic mass is 19.1. The van der Waals surface area contributed by atoms with E-state index >= 15 is 4.39 Å². The zero-order valence-corrected chi connectivity index (χ0v) is 16.2. The van der Waals surface area contributed by atoms with Crippen molar-refractivity contribution in [1.82, 2.24) is 24.8 Å². The molecule has 4 rings (SSSR count). The molecule has 0 atom stereocenters. The molecular weight excluding hydrogens is 383 g/mol. The highest BCUT2D eigenvalue weighted by Gasteiger charge is 2.36. The first kappa shape index (κ1) is 19.6. The minimum Gasteiger partial charge on any atom is -0.338 e. The molecule has 7 nitrogen and oxygen atoms in total. The van der Waals surface area contributed by atoms with Gasteiger partial charge in [0.15, 0.2) is 0 Å². The summed E-state index contributed by atoms with van der Waals surface area (Å²) in [6, 6.07) is 10.4. The van der Waals surface area contributed by atoms with Gasteiger partial charge in [-0.05, 0) is 42.7 Å². The van der Waals surface area contributed by atoms with Crippen molar-refractivity contribution in [2.24, 2.45) is 0 Å². The molecule has 0 aromatic carbocycles. The van der Waals surface area contributed by atoms with Crippen LogP contribution in [0.2, 0.25) is 0 Å². The Bertz CT molecular complexity index is 1070. The van der Waals surface area contributed by atoms with Gasteiger partial charge in [0, 0.05) is 38.1 Å². The number of piperidine rings is 1. The third-order valence-electron chi connectivity index (χ3n) is 5.27. The van der Waals surface area contributed by atoms with Crippen molar-refractivity contribution in [3.05, 3.63) is 72.1 Å². The maximum atomic E-state index is 15.4. The molecule has 0 bridgehead atoms. The minimum absolute atomic E-state index is 0.182. The summed E-state index contributed by atoms with van der Waals surface area (Å²) < 4.78 is 15.4. The van der Waals surface area contributed by atoms with E-state index in [1.54, 1.807) is 53.8 Å². The molecule has 8 heteroatoms. The summed E-state index contributed by atoms with van der Waals surface area (Å²) in [5.74, 6) is -0.182. The number of hydrogen-bond acceptors (Lipinski definition) is 6. The molecule has 0 saturated carbocycles. The maximum Gasteiger partial charge on any atom is 0.256 e. The van der Waals surface area contributed by atoms with Gasteiger partial charge in [-0.1, -0.05) is 6.07 Å². The fourth-order valence-electron chi connectivity index (χ4n) is 3.63. The van der Waals surface area contributed by atoms with E-state index in [4.69, 9.17) is 5.26 Å². The fourth-order valence-corrected chi connectivity index (χ4v) is 3.63. The maximum absolute atomic E-state index is 15.4. The molecule has 1 fully saturated rings. The van der Waals surface area contributed by atoms with E-state index in [-0.39, 0.29) is 25.2 Å². The van der Waals surface area contributed by atoms with Gasteiger partial charge >= 0.3 is 0 Å². The number of hydrogen-bond donors (Lipinski definition) is 0. The molecule has 1 aliphatic rings. The lowest BCUT2D eigenvalue weighted by atomic mass is 9.87. The molecule has 3 aromatic rings. The molecule has 1 aliphatic heterocycles. The number of nitriles is 1. The van der Waals surface area contributed by atoms with Crippen molar-refractivity contribution in [1.29, 1.82) is 5.26 Å². The summed E-state index contributed by atoms with van der Waals surface area (Å²) in [6.07, 6.45) is 6.86. The molecule has 1 saturated heterocycles. The Labute approximate surface area is 173 Å². The summed E-state index contributed by atoms with van der Waals surface area (Å²) in [7, 11) is 0. The van der Waals surface area contributed by atoms with Crippen molar-refractivity contribution >= 4 is 5.91 Å². The summed E-state index contributed by atoms with van der Waals surface area (Å²) in [5, 5.41) is 8.83. The number of nitrogens with zero attached hydrogens (tertiary/aromatic N) is 6. The van der Waals surface area contributed by atoms with Crippen molar-refractivity contribution in [3.63, 3.8) is 0 Å². The van der Waals surface area contributed by atoms with Crippen molar-refractivity contribution < 1.29 is 9.18 Å². The first-order valence-corrected chi connectivity index (χ1v) is 9.63. The second-order valence-electron chi connectivity index (χ2n) is 7.28. The monoisotopic (exact) mass is 402 g/mol. The second-order valence-corrected chi connectivity index (χ2v) is 7.28. The van der Waals surface area contributed by atoms with Crippen LogP contribution in [0.1, 0.15) is 34.5 Å². The van der Waals surface area contributed by atoms with E-state index in [9.17, 15) is 4.79 Å². The van der Waals surface area contributed by atoms with Gasteiger partial charge in [-0.15, -0.1) is 0 Å². The van der Waals surface area contributed by atoms with Crippen LogP contribution in [0.3, 0.4) is 0 Å². The Hall–Kier alpha value is -3.73. The molecular formula is C22H19FN6O. The number of rotatable bonds is 4. The van der Waals surface area contributed by atoms with Gasteiger partial charge in [0.25, 0.3) is 5.91 Å². The molecule has 0 spiro atoms. The molecule has 0 aliphatic carbocycles. The molecule has 0 N–H and O–H groups in total. The highest BCUT2D eigenvalue weighted by molar-refractivity contribution is 5.99. The SMILES string of the molecule is N#Cc1ccc(CC2(F)CCN(C(=O)c3cccnc3-c3ccncn3)CC2)cn1. The summed E-state index contributed by atoms with van der Waals surface area (Å²) in [5.41, 5.74) is 1.15. The van der Waals surface area contributed by atoms with Gasteiger partial charge in [0.1, 0.15) is 29.5 Å². The Morgan fingerprint density at radius 2 is 1.97 bits per heavy atom. The van der Waals surface area contributed by atoms with Crippen LogP contribution >= 0.6 is 0 Å². The second kappa shape index (κ2) is 8.33. The molecule has 150 valence electrons. The average Bonchev–Trinajstić information content (AvgIpc) is 2.80. The Kier molecular flexibility index (Phi) is 5.44. The van der Waals surface area contributed by atoms with Crippen LogP contribution in [0.5, 0.6) is 0 Å². The Morgan fingerprint density at radius 3 is 2.63 bits per heavy atom. The lowest BCUT2D eigenvalue weighted by Gasteiger charge is -2.36. The lowest BCUT2D eigenvalue weighted by Crippen LogP contribution is -2.45. The highest BCUT2D eigenvalue weighted by Crippen LogP contribution is 2.31. The quantitative estimate of drug-likeness (QED) is 0.666. The summed E-state index contributed by atoms with van der Waals surface area (Å²) >= 11 is 0. The zero-order chi connectivity index (χ0) is 21.0. The van der Waals surface area contributed by atoms with Gasteiger partial charge in [-0.25, -0.2) is 19.3 Å². The number of carbonyl (C=O) groups is 1. The summed E-state index contributed by atoms with van der Waals surface area (Å²) in [4.78, 5) is 31.2. The fraction of sp³-hybridized carbons (Fsp3) is 0.273. The van der Waals surface area contributed by atoms with E-state index in [0.717, 1.165) is 5.56 Å². The van der Waals surface area contributed by atoms with E-state index in [0.29, 0.717) is 35.7 Å². The lowest BCUT2D eigenvalue weighted by molar-refractivity contribution is 0.0437. The Morgan fingerprint density at radius 1 is 1.13 bits per heavy atom. The molecule has 0 radical (unpaired) electrons. The predicted octanol–water partition coefficient (Wildman–Crippen LogP) is 2.99. The van der Waals surface area contributed by atoms with Crippen molar-refractivity contribution in [2.45, 2.75) is 24.9 Å². The van der Waals surface area contributed by atoms with Crippen LogP contribution in [-0.4, -0.2) is 49.5 Å². The molecule has 1 amide bonds. The van der Waals surface area contributed by atoms with Crippen molar-refractivity contribution in [3.8, 4) is 17.5 Å². The van der Waals surface area contributed by atoms with Gasteiger partial charge in [-0.3, -0.25) is 9.78 Å². The largest absolute Gasteiger partial charge is 0.338 e. The standard InChI is InChI=1S/C22H19FN6O/c23-22(12-16-3-4-17(13-24)27-14-16)6-10-29(11-7-22)21(30)18-2-1-8-26-20(18)19-5-9-25-15-28-19/h1-5,8-9,14-15H,6-7,10-12H2. The van der Waals surface area contributed by atoms with E-state index in [1.165, 1.54) is 6.33 Å². The zero-order valence-electron chi connectivity index (χ0n) is 16.2. The summed E-state index contributed by atoms with van der Waals surface area (Å²) in [6.45, 7) is 0.633. The van der Waals surface area contributed by atoms with Gasteiger partial charge in [-0.2, -0.15) is 5.26 Å². The number of carbonyl (C=O) groups excluding carboxylic acids is 1. The average molecular weight is 402 g/mol. The molecule has 4 heterocycles. The number of amides is 1. The smallest absolute Gasteiger partial charge is 0.256 e. The topological polar surface area (TPSA) is 95.7 Å². The van der Waals surface area contributed by atoms with Gasteiger partial charge in [0.05, 0.1) is 11.3 Å². The first-order valence-electron chi connectivity index (χ1n) is 9.63. The van der Waals surface area contributed by atoms with Crippen LogP contribution in [0.4, 0.5) is 4.39 Å². The number of alkyl halides is 1. The third kappa shape index (κ3) is 4.15. The van der Waals surface area contributed by atoms with E-state index in [1.807, 2.05) is 6.07 Å². The van der Waals surface area contributed by atoms with Gasteiger partial charge in [0.2, 0.25) is 0 Å². The van der Waals surface area contributed by atoms with Crippen molar-refractivity contribution in [2.75, 3.05) is 13.1 Å². The van der Waals surface area contributed by atoms with Crippen LogP contribution in [0.25, 0.3) is 11.4 Å². The van der Waals surface area contributed by atoms with E-state index in [2.05, 4.69) is 19.9 Å². The number of aromatic nitrogens is 4. The first-order chi connectivity index (χ1) is 14.6. The normalized spacial score (nSPS) is 15.4. The van der Waals surface area contributed by atoms with Crippen LogP contribution in [0, 0.1) is 11.3 Å². The third-order valence-corrected chi connectivity index (χ3v) is 5.27.